The molecule has 1 heterocycles. The normalized spacial score (nSPS) is 10.3. The third-order valence-corrected chi connectivity index (χ3v) is 2.74. The van der Waals surface area contributed by atoms with Gasteiger partial charge in [-0.15, -0.1) is 0 Å². The van der Waals surface area contributed by atoms with E-state index < -0.39 is 11.8 Å². The highest BCUT2D eigenvalue weighted by Crippen LogP contribution is 2.31. The summed E-state index contributed by atoms with van der Waals surface area (Å²) in [5.74, 6) is -0.552. The number of halogens is 1. The van der Waals surface area contributed by atoms with Crippen LogP contribution in [-0.4, -0.2) is 28.2 Å². The molecule has 0 spiro atoms. The Bertz CT molecular complexity index is 659. The lowest BCUT2D eigenvalue weighted by Gasteiger charge is -2.11. The number of nitrogens with zero attached hydrogens (tertiary/aromatic N) is 2. The highest BCUT2D eigenvalue weighted by molar-refractivity contribution is 5.76. The van der Waals surface area contributed by atoms with E-state index in [0.717, 1.165) is 0 Å². The third-order valence-electron chi connectivity index (χ3n) is 2.74. The molecular formula is C14H13FN2O3. The zero-order chi connectivity index (χ0) is 14.7. The van der Waals surface area contributed by atoms with Crippen LogP contribution in [0.5, 0.6) is 5.75 Å². The van der Waals surface area contributed by atoms with Gasteiger partial charge in [-0.2, -0.15) is 0 Å². The molecule has 0 saturated heterocycles. The van der Waals surface area contributed by atoms with Gasteiger partial charge in [-0.25, -0.2) is 14.4 Å². The monoisotopic (exact) mass is 276 g/mol. The zero-order valence-corrected chi connectivity index (χ0v) is 11.1. The lowest BCUT2D eigenvalue weighted by Crippen LogP contribution is -2.06. The van der Waals surface area contributed by atoms with Crippen LogP contribution < -0.4 is 4.74 Å². The maximum absolute atomic E-state index is 13.4. The van der Waals surface area contributed by atoms with Crippen molar-refractivity contribution < 1.29 is 19.0 Å². The fourth-order valence-electron chi connectivity index (χ4n) is 1.89. The van der Waals surface area contributed by atoms with Gasteiger partial charge in [-0.1, -0.05) is 0 Å². The Labute approximate surface area is 115 Å². The number of hydrogen-bond acceptors (Lipinski definition) is 4. The molecule has 1 N–H and O–H groups in total. The summed E-state index contributed by atoms with van der Waals surface area (Å²) in [6.07, 6.45) is 1.20. The minimum Gasteiger partial charge on any atom is -0.496 e. The van der Waals surface area contributed by atoms with E-state index in [4.69, 9.17) is 9.84 Å². The number of hydrogen-bond donors (Lipinski definition) is 1. The van der Waals surface area contributed by atoms with E-state index in [0.29, 0.717) is 28.4 Å². The minimum atomic E-state index is -1.01. The number of carboxylic acid groups (broad SMARTS) is 1. The first kappa shape index (κ1) is 13.9. The van der Waals surface area contributed by atoms with Crippen LogP contribution in [0.15, 0.2) is 24.4 Å². The summed E-state index contributed by atoms with van der Waals surface area (Å²) in [5, 5.41) is 8.93. The number of carbonyl (C=O) groups is 1. The lowest BCUT2D eigenvalue weighted by atomic mass is 10.0. The van der Waals surface area contributed by atoms with Gasteiger partial charge in [0, 0.05) is 17.3 Å². The van der Waals surface area contributed by atoms with E-state index in [1.54, 1.807) is 6.92 Å². The van der Waals surface area contributed by atoms with Crippen molar-refractivity contribution in [3.8, 4) is 17.0 Å². The SMILES string of the molecule is COc1ccc(F)cc1-c1nc(C)ncc1CC(=O)O. The predicted octanol–water partition coefficient (Wildman–Crippen LogP) is 2.23. The molecule has 0 aliphatic heterocycles. The van der Waals surface area contributed by atoms with Gasteiger partial charge < -0.3 is 9.84 Å². The molecule has 0 fully saturated rings. The van der Waals surface area contributed by atoms with Gasteiger partial charge in [0.15, 0.2) is 0 Å². The second-order valence-electron chi connectivity index (χ2n) is 4.21. The lowest BCUT2D eigenvalue weighted by molar-refractivity contribution is -0.136. The van der Waals surface area contributed by atoms with Gasteiger partial charge in [-0.05, 0) is 25.1 Å². The van der Waals surface area contributed by atoms with Crippen LogP contribution in [0.3, 0.4) is 0 Å². The number of methoxy groups -OCH3 is 1. The van der Waals surface area contributed by atoms with E-state index in [2.05, 4.69) is 9.97 Å². The Balaban J connectivity index is 2.64. The standard InChI is InChI=1S/C14H13FN2O3/c1-8-16-7-9(5-13(18)19)14(17-8)11-6-10(15)3-4-12(11)20-2/h3-4,6-7H,5H2,1-2H3,(H,18,19). The molecule has 20 heavy (non-hydrogen) atoms. The first-order chi connectivity index (χ1) is 9.51. The molecule has 0 atom stereocenters. The molecule has 1 aromatic heterocycles. The molecule has 5 nitrogen and oxygen atoms in total. The fourth-order valence-corrected chi connectivity index (χ4v) is 1.89. The summed E-state index contributed by atoms with van der Waals surface area (Å²) in [6, 6.07) is 4.02. The van der Waals surface area contributed by atoms with Crippen molar-refractivity contribution in [3.63, 3.8) is 0 Å². The van der Waals surface area contributed by atoms with Crippen molar-refractivity contribution in [2.75, 3.05) is 7.11 Å². The van der Waals surface area contributed by atoms with Gasteiger partial charge in [0.25, 0.3) is 0 Å². The number of aryl methyl sites for hydroxylation is 1. The van der Waals surface area contributed by atoms with Crippen molar-refractivity contribution in [3.05, 3.63) is 41.6 Å². The molecule has 2 rings (SSSR count). The van der Waals surface area contributed by atoms with Gasteiger partial charge in [0.2, 0.25) is 0 Å². The quantitative estimate of drug-likeness (QED) is 0.927. The van der Waals surface area contributed by atoms with Crippen LogP contribution in [-0.2, 0) is 11.2 Å². The van der Waals surface area contributed by atoms with Crippen LogP contribution in [0.4, 0.5) is 4.39 Å². The predicted molar refractivity (Wildman–Crippen MR) is 70.1 cm³/mol. The smallest absolute Gasteiger partial charge is 0.307 e. The molecule has 2 aromatic rings. The van der Waals surface area contributed by atoms with Crippen molar-refractivity contribution in [1.29, 1.82) is 0 Å². The van der Waals surface area contributed by atoms with E-state index in [9.17, 15) is 9.18 Å². The van der Waals surface area contributed by atoms with Crippen molar-refractivity contribution in [2.24, 2.45) is 0 Å². The van der Waals surface area contributed by atoms with Gasteiger partial charge in [0.05, 0.1) is 19.2 Å². The Morgan fingerprint density at radius 3 is 2.85 bits per heavy atom. The third kappa shape index (κ3) is 2.90. The molecule has 6 heteroatoms. The van der Waals surface area contributed by atoms with Gasteiger partial charge in [0.1, 0.15) is 17.4 Å². The van der Waals surface area contributed by atoms with Crippen molar-refractivity contribution in [2.45, 2.75) is 13.3 Å². The van der Waals surface area contributed by atoms with E-state index in [1.165, 1.54) is 31.5 Å². The largest absolute Gasteiger partial charge is 0.496 e. The van der Waals surface area contributed by atoms with Crippen LogP contribution >= 0.6 is 0 Å². The Kier molecular flexibility index (Phi) is 3.93. The summed E-state index contributed by atoms with van der Waals surface area (Å²) >= 11 is 0. The Hall–Kier alpha value is -2.50. The zero-order valence-electron chi connectivity index (χ0n) is 11.1. The molecule has 1 aromatic carbocycles. The van der Waals surface area contributed by atoms with Crippen LogP contribution in [0.2, 0.25) is 0 Å². The summed E-state index contributed by atoms with van der Waals surface area (Å²) in [7, 11) is 1.46. The van der Waals surface area contributed by atoms with Crippen molar-refractivity contribution in [1.82, 2.24) is 9.97 Å². The van der Waals surface area contributed by atoms with E-state index in [1.807, 2.05) is 0 Å². The number of aliphatic carboxylic acids is 1. The van der Waals surface area contributed by atoms with Gasteiger partial charge >= 0.3 is 5.97 Å². The summed E-state index contributed by atoms with van der Waals surface area (Å²) < 4.78 is 18.6. The molecule has 0 bridgehead atoms. The van der Waals surface area contributed by atoms with E-state index >= 15 is 0 Å². The van der Waals surface area contributed by atoms with Crippen LogP contribution in [0.1, 0.15) is 11.4 Å². The number of rotatable bonds is 4. The van der Waals surface area contributed by atoms with Gasteiger partial charge in [-0.3, -0.25) is 4.79 Å². The average molecular weight is 276 g/mol. The first-order valence-electron chi connectivity index (χ1n) is 5.89. The molecule has 0 saturated carbocycles. The molecule has 0 aliphatic carbocycles. The molecular weight excluding hydrogens is 263 g/mol. The molecule has 0 radical (unpaired) electrons. The van der Waals surface area contributed by atoms with Crippen LogP contribution in [0, 0.1) is 12.7 Å². The molecule has 104 valence electrons. The molecule has 0 aliphatic rings. The van der Waals surface area contributed by atoms with Crippen molar-refractivity contribution >= 4 is 5.97 Å². The number of aromatic nitrogens is 2. The summed E-state index contributed by atoms with van der Waals surface area (Å²) in [4.78, 5) is 19.1. The Morgan fingerprint density at radius 1 is 1.45 bits per heavy atom. The fraction of sp³-hybridized carbons (Fsp3) is 0.214. The first-order valence-corrected chi connectivity index (χ1v) is 5.89. The average Bonchev–Trinajstić information content (AvgIpc) is 2.40. The van der Waals surface area contributed by atoms with E-state index in [-0.39, 0.29) is 6.42 Å². The highest BCUT2D eigenvalue weighted by Gasteiger charge is 2.16. The van der Waals surface area contributed by atoms with Crippen LogP contribution in [0.25, 0.3) is 11.3 Å². The maximum atomic E-state index is 13.4. The number of ether oxygens (including phenoxy) is 1. The minimum absolute atomic E-state index is 0.241. The number of carboxylic acids is 1. The second kappa shape index (κ2) is 5.64. The molecule has 0 unspecified atom stereocenters. The maximum Gasteiger partial charge on any atom is 0.307 e. The topological polar surface area (TPSA) is 72.3 Å². The second-order valence-corrected chi connectivity index (χ2v) is 4.21. The summed E-state index contributed by atoms with van der Waals surface area (Å²) in [5.41, 5.74) is 1.19. The molecule has 0 amide bonds. The highest BCUT2D eigenvalue weighted by atomic mass is 19.1. The Morgan fingerprint density at radius 2 is 2.20 bits per heavy atom. The number of benzene rings is 1. The summed E-state index contributed by atoms with van der Waals surface area (Å²) in [6.45, 7) is 1.68.